The van der Waals surface area contributed by atoms with Crippen LogP contribution in [0.3, 0.4) is 0 Å². The Bertz CT molecular complexity index is 585. The molecule has 2 rings (SSSR count). The summed E-state index contributed by atoms with van der Waals surface area (Å²) < 4.78 is 17.9. The quantitative estimate of drug-likeness (QED) is 0.806. The van der Waals surface area contributed by atoms with Crippen LogP contribution in [0.2, 0.25) is 5.02 Å². The smallest absolute Gasteiger partial charge is 0.357 e. The highest BCUT2D eigenvalue weighted by Crippen LogP contribution is 2.27. The van der Waals surface area contributed by atoms with Gasteiger partial charge in [0.2, 0.25) is 0 Å². The van der Waals surface area contributed by atoms with Gasteiger partial charge in [0.15, 0.2) is 5.69 Å². The number of hydrogen-bond acceptors (Lipinski definition) is 4. The van der Waals surface area contributed by atoms with Gasteiger partial charge in [-0.05, 0) is 25.1 Å². The van der Waals surface area contributed by atoms with Gasteiger partial charge in [0.05, 0.1) is 11.6 Å². The number of esters is 1. The van der Waals surface area contributed by atoms with Gasteiger partial charge in [-0.25, -0.2) is 14.2 Å². The largest absolute Gasteiger partial charge is 0.461 e. The van der Waals surface area contributed by atoms with Crippen molar-refractivity contribution < 1.29 is 13.9 Å². The minimum Gasteiger partial charge on any atom is -0.461 e. The summed E-state index contributed by atoms with van der Waals surface area (Å²) in [6.45, 7) is 2.03. The Hall–Kier alpha value is -1.46. The summed E-state index contributed by atoms with van der Waals surface area (Å²) in [5.74, 6) is -0.948. The number of aromatic nitrogens is 1. The van der Waals surface area contributed by atoms with Crippen molar-refractivity contribution in [1.29, 1.82) is 0 Å². The first-order chi connectivity index (χ1) is 8.61. The molecule has 0 amide bonds. The second kappa shape index (κ2) is 5.46. The Morgan fingerprint density at radius 3 is 3.00 bits per heavy atom. The third-order valence-electron chi connectivity index (χ3n) is 2.16. The molecule has 2 aromatic rings. The van der Waals surface area contributed by atoms with Crippen LogP contribution in [0.25, 0.3) is 10.6 Å². The van der Waals surface area contributed by atoms with Crippen molar-refractivity contribution in [1.82, 2.24) is 4.98 Å². The van der Waals surface area contributed by atoms with Crippen molar-refractivity contribution in [2.75, 3.05) is 6.61 Å². The highest BCUT2D eigenvalue weighted by molar-refractivity contribution is 7.13. The molecule has 0 spiro atoms. The van der Waals surface area contributed by atoms with E-state index >= 15 is 0 Å². The van der Waals surface area contributed by atoms with Gasteiger partial charge in [0.1, 0.15) is 10.8 Å². The zero-order valence-electron chi connectivity index (χ0n) is 9.44. The first kappa shape index (κ1) is 13.0. The lowest BCUT2D eigenvalue weighted by Gasteiger charge is -1.99. The van der Waals surface area contributed by atoms with Gasteiger partial charge in [-0.1, -0.05) is 11.6 Å². The summed E-state index contributed by atoms with van der Waals surface area (Å²) in [5.41, 5.74) is 0.916. The Morgan fingerprint density at radius 1 is 1.56 bits per heavy atom. The van der Waals surface area contributed by atoms with E-state index in [-0.39, 0.29) is 10.7 Å². The van der Waals surface area contributed by atoms with Gasteiger partial charge >= 0.3 is 5.97 Å². The molecule has 0 unspecified atom stereocenters. The third kappa shape index (κ3) is 2.68. The van der Waals surface area contributed by atoms with Crippen molar-refractivity contribution in [3.05, 3.63) is 40.1 Å². The normalized spacial score (nSPS) is 10.4. The topological polar surface area (TPSA) is 39.2 Å². The molecule has 0 saturated carbocycles. The van der Waals surface area contributed by atoms with E-state index in [1.54, 1.807) is 18.4 Å². The lowest BCUT2D eigenvalue weighted by molar-refractivity contribution is 0.0520. The Kier molecular flexibility index (Phi) is 3.93. The van der Waals surface area contributed by atoms with Crippen molar-refractivity contribution in [2.45, 2.75) is 6.92 Å². The van der Waals surface area contributed by atoms with E-state index in [2.05, 4.69) is 4.98 Å². The number of halogens is 2. The number of rotatable bonds is 3. The predicted octanol–water partition coefficient (Wildman–Crippen LogP) is 3.78. The van der Waals surface area contributed by atoms with E-state index < -0.39 is 11.8 Å². The summed E-state index contributed by atoms with van der Waals surface area (Å²) in [7, 11) is 0. The molecule has 0 saturated heterocycles. The van der Waals surface area contributed by atoms with Crippen LogP contribution in [0, 0.1) is 5.82 Å². The molecule has 0 aliphatic rings. The highest BCUT2D eigenvalue weighted by Gasteiger charge is 2.13. The maximum absolute atomic E-state index is 13.0. The monoisotopic (exact) mass is 285 g/mol. The van der Waals surface area contributed by atoms with E-state index in [9.17, 15) is 9.18 Å². The zero-order chi connectivity index (χ0) is 13.1. The molecule has 0 bridgehead atoms. The van der Waals surface area contributed by atoms with Crippen molar-refractivity contribution in [3.8, 4) is 10.6 Å². The molecule has 0 aliphatic carbocycles. The average molecular weight is 286 g/mol. The van der Waals surface area contributed by atoms with Crippen LogP contribution in [-0.4, -0.2) is 17.6 Å². The van der Waals surface area contributed by atoms with Crippen LogP contribution in [0.15, 0.2) is 23.6 Å². The fraction of sp³-hybridized carbons (Fsp3) is 0.167. The second-order valence-electron chi connectivity index (χ2n) is 3.39. The summed E-state index contributed by atoms with van der Waals surface area (Å²) in [5, 5.41) is 2.23. The second-order valence-corrected chi connectivity index (χ2v) is 4.65. The molecular formula is C12H9ClFNO2S. The molecule has 0 fully saturated rings. The van der Waals surface area contributed by atoms with Crippen LogP contribution in [0.1, 0.15) is 17.4 Å². The maximum Gasteiger partial charge on any atom is 0.357 e. The third-order valence-corrected chi connectivity index (χ3v) is 3.34. The van der Waals surface area contributed by atoms with Crippen LogP contribution in [-0.2, 0) is 4.74 Å². The van der Waals surface area contributed by atoms with E-state index in [0.717, 1.165) is 0 Å². The van der Waals surface area contributed by atoms with Crippen LogP contribution < -0.4 is 0 Å². The molecule has 0 N–H and O–H groups in total. The van der Waals surface area contributed by atoms with E-state index in [1.165, 1.54) is 23.5 Å². The number of carbonyl (C=O) groups is 1. The van der Waals surface area contributed by atoms with Gasteiger partial charge in [0.25, 0.3) is 0 Å². The maximum atomic E-state index is 13.0. The zero-order valence-corrected chi connectivity index (χ0v) is 11.0. The lowest BCUT2D eigenvalue weighted by Crippen LogP contribution is -2.04. The van der Waals surface area contributed by atoms with Crippen LogP contribution in [0.4, 0.5) is 4.39 Å². The minimum atomic E-state index is -0.484. The molecule has 18 heavy (non-hydrogen) atoms. The molecular weight excluding hydrogens is 277 g/mol. The van der Waals surface area contributed by atoms with E-state index in [1.807, 2.05) is 0 Å². The molecule has 3 nitrogen and oxygen atoms in total. The lowest BCUT2D eigenvalue weighted by atomic mass is 10.2. The van der Waals surface area contributed by atoms with Gasteiger partial charge in [0, 0.05) is 10.9 Å². The molecule has 1 heterocycles. The number of nitrogens with zero attached hydrogens (tertiary/aromatic N) is 1. The van der Waals surface area contributed by atoms with E-state index in [4.69, 9.17) is 16.3 Å². The molecule has 1 aromatic heterocycles. The highest BCUT2D eigenvalue weighted by atomic mass is 35.5. The Labute approximate surface area is 112 Å². The molecule has 0 aliphatic heterocycles. The van der Waals surface area contributed by atoms with Gasteiger partial charge in [-0.15, -0.1) is 11.3 Å². The molecule has 6 heteroatoms. The number of ether oxygens (including phenoxy) is 1. The van der Waals surface area contributed by atoms with Crippen LogP contribution in [0.5, 0.6) is 0 Å². The number of hydrogen-bond donors (Lipinski definition) is 0. The first-order valence-electron chi connectivity index (χ1n) is 5.20. The number of thiazole rings is 1. The number of benzene rings is 1. The fourth-order valence-electron chi connectivity index (χ4n) is 1.33. The summed E-state index contributed by atoms with van der Waals surface area (Å²) in [4.78, 5) is 15.6. The first-order valence-corrected chi connectivity index (χ1v) is 6.45. The molecule has 0 radical (unpaired) electrons. The summed E-state index contributed by atoms with van der Waals surface area (Å²) in [6.07, 6.45) is 0. The summed E-state index contributed by atoms with van der Waals surface area (Å²) in [6, 6.07) is 4.31. The van der Waals surface area contributed by atoms with Gasteiger partial charge < -0.3 is 4.74 Å². The van der Waals surface area contributed by atoms with Crippen molar-refractivity contribution in [3.63, 3.8) is 0 Å². The van der Waals surface area contributed by atoms with Crippen molar-refractivity contribution in [2.24, 2.45) is 0 Å². The SMILES string of the molecule is CCOC(=O)c1csc(-c2ccc(F)c(Cl)c2)n1. The Balaban J connectivity index is 2.29. The fourth-order valence-corrected chi connectivity index (χ4v) is 2.30. The minimum absolute atomic E-state index is 0.0281. The van der Waals surface area contributed by atoms with E-state index in [0.29, 0.717) is 17.2 Å². The van der Waals surface area contributed by atoms with Crippen molar-refractivity contribution >= 4 is 28.9 Å². The average Bonchev–Trinajstić information content (AvgIpc) is 2.82. The van der Waals surface area contributed by atoms with Crippen LogP contribution >= 0.6 is 22.9 Å². The Morgan fingerprint density at radius 2 is 2.33 bits per heavy atom. The number of carbonyl (C=O) groups excluding carboxylic acids is 1. The molecule has 94 valence electrons. The summed E-state index contributed by atoms with van der Waals surface area (Å²) >= 11 is 6.97. The van der Waals surface area contributed by atoms with Gasteiger partial charge in [-0.3, -0.25) is 0 Å². The molecule has 1 aromatic carbocycles. The predicted molar refractivity (Wildman–Crippen MR) is 68.5 cm³/mol. The standard InChI is InChI=1S/C12H9ClFNO2S/c1-2-17-12(16)10-6-18-11(15-10)7-3-4-9(14)8(13)5-7/h3-6H,2H2,1H3. The molecule has 0 atom stereocenters. The van der Waals surface area contributed by atoms with Gasteiger partial charge in [-0.2, -0.15) is 0 Å².